The molecule has 0 bridgehead atoms. The molecule has 0 aromatic rings. The van der Waals surface area contributed by atoms with E-state index in [2.05, 4.69) is 4.74 Å². The smallest absolute Gasteiger partial charge is 0.344 e. The largest absolute Gasteiger partial charge is 0.494 e. The van der Waals surface area contributed by atoms with Crippen molar-refractivity contribution in [2.75, 3.05) is 7.11 Å². The van der Waals surface area contributed by atoms with Crippen molar-refractivity contribution in [3.63, 3.8) is 0 Å². The number of ether oxygens (including phenoxy) is 2. The van der Waals surface area contributed by atoms with Gasteiger partial charge in [0.05, 0.1) is 7.11 Å². The van der Waals surface area contributed by atoms with Crippen LogP contribution in [0.3, 0.4) is 0 Å². The minimum absolute atomic E-state index is 0.0600. The molecule has 0 aromatic carbocycles. The van der Waals surface area contributed by atoms with Crippen LogP contribution >= 0.6 is 0 Å². The van der Waals surface area contributed by atoms with Crippen LogP contribution in [0.2, 0.25) is 0 Å². The summed E-state index contributed by atoms with van der Waals surface area (Å²) in [5.74, 6) is -0.395. The number of carbonyl (C=O) groups is 2. The number of hydrogen-bond donors (Lipinski definition) is 0. The van der Waals surface area contributed by atoms with Crippen LogP contribution in [0.15, 0.2) is 11.3 Å². The summed E-state index contributed by atoms with van der Waals surface area (Å²) < 4.78 is 10.0. The fourth-order valence-electron chi connectivity index (χ4n) is 1.70. The lowest BCUT2D eigenvalue weighted by atomic mass is 9.99. The minimum atomic E-state index is -0.604. The third kappa shape index (κ3) is 2.58. The Morgan fingerprint density at radius 1 is 1.60 bits per heavy atom. The number of ketones is 1. The number of carbonyl (C=O) groups excluding carboxylic acids is 2. The normalized spacial score (nSPS) is 21.3. The van der Waals surface area contributed by atoms with E-state index in [0.717, 1.165) is 12.8 Å². The van der Waals surface area contributed by atoms with Gasteiger partial charge in [0.2, 0.25) is 0 Å². The van der Waals surface area contributed by atoms with E-state index in [4.69, 9.17) is 4.74 Å². The molecule has 84 valence electrons. The second-order valence-corrected chi connectivity index (χ2v) is 3.58. The zero-order valence-electron chi connectivity index (χ0n) is 9.33. The van der Waals surface area contributed by atoms with Gasteiger partial charge in [-0.3, -0.25) is 4.79 Å². The second kappa shape index (κ2) is 4.96. The number of Topliss-reactive ketones (excluding diaryl/α,β-unsaturated/α-hetero) is 1. The highest BCUT2D eigenvalue weighted by Crippen LogP contribution is 2.24. The quantitative estimate of drug-likeness (QED) is 0.526. The molecule has 0 aliphatic carbocycles. The molecule has 0 fully saturated rings. The predicted octanol–water partition coefficient (Wildman–Crippen LogP) is 1.59. The van der Waals surface area contributed by atoms with Crippen LogP contribution < -0.4 is 0 Å². The van der Waals surface area contributed by atoms with Crippen molar-refractivity contribution in [1.82, 2.24) is 0 Å². The molecule has 4 nitrogen and oxygen atoms in total. The molecule has 4 heteroatoms. The van der Waals surface area contributed by atoms with Crippen molar-refractivity contribution in [3.8, 4) is 0 Å². The Morgan fingerprint density at radius 2 is 2.27 bits per heavy atom. The summed E-state index contributed by atoms with van der Waals surface area (Å²) in [6, 6.07) is 0. The summed E-state index contributed by atoms with van der Waals surface area (Å²) in [5, 5.41) is 0. The van der Waals surface area contributed by atoms with Crippen LogP contribution in [0.5, 0.6) is 0 Å². The molecule has 0 unspecified atom stereocenters. The average molecular weight is 212 g/mol. The first-order valence-corrected chi connectivity index (χ1v) is 5.09. The predicted molar refractivity (Wildman–Crippen MR) is 54.1 cm³/mol. The van der Waals surface area contributed by atoms with Crippen LogP contribution in [0.1, 0.15) is 33.1 Å². The standard InChI is InChI=1S/C11H16O4/c1-4-5-8-6-9(12)10(7(2)15-8)11(13)14-3/h8H,4-6H2,1-3H3/t8-/m1/s1. The highest BCUT2D eigenvalue weighted by atomic mass is 16.5. The van der Waals surface area contributed by atoms with Gasteiger partial charge in [-0.15, -0.1) is 0 Å². The highest BCUT2D eigenvalue weighted by Gasteiger charge is 2.31. The molecule has 1 heterocycles. The molecular weight excluding hydrogens is 196 g/mol. The average Bonchev–Trinajstić information content (AvgIpc) is 2.16. The number of rotatable bonds is 3. The SMILES string of the molecule is CCC[C@@H]1CC(=O)C(C(=O)OC)=C(C)O1. The Hall–Kier alpha value is -1.32. The molecule has 0 N–H and O–H groups in total. The first-order chi connectivity index (χ1) is 7.10. The monoisotopic (exact) mass is 212 g/mol. The van der Waals surface area contributed by atoms with E-state index in [-0.39, 0.29) is 23.9 Å². The van der Waals surface area contributed by atoms with Crippen molar-refractivity contribution >= 4 is 11.8 Å². The van der Waals surface area contributed by atoms with Crippen molar-refractivity contribution in [3.05, 3.63) is 11.3 Å². The van der Waals surface area contributed by atoms with Crippen LogP contribution in [0, 0.1) is 0 Å². The van der Waals surface area contributed by atoms with E-state index in [9.17, 15) is 9.59 Å². The van der Waals surface area contributed by atoms with Gasteiger partial charge >= 0.3 is 5.97 Å². The van der Waals surface area contributed by atoms with Gasteiger partial charge < -0.3 is 9.47 Å². The minimum Gasteiger partial charge on any atom is -0.494 e. The molecule has 1 aliphatic rings. The molecule has 0 aromatic heterocycles. The lowest BCUT2D eigenvalue weighted by Crippen LogP contribution is -2.29. The molecule has 0 radical (unpaired) electrons. The Labute approximate surface area is 89.2 Å². The van der Waals surface area contributed by atoms with E-state index in [1.807, 2.05) is 6.92 Å². The first kappa shape index (κ1) is 11.8. The lowest BCUT2D eigenvalue weighted by molar-refractivity contribution is -0.139. The van der Waals surface area contributed by atoms with Gasteiger partial charge in [0, 0.05) is 6.42 Å². The van der Waals surface area contributed by atoms with Gasteiger partial charge in [0.15, 0.2) is 5.78 Å². The van der Waals surface area contributed by atoms with Crippen molar-refractivity contribution in [2.45, 2.75) is 39.2 Å². The van der Waals surface area contributed by atoms with Crippen molar-refractivity contribution in [1.29, 1.82) is 0 Å². The van der Waals surface area contributed by atoms with Gasteiger partial charge in [-0.2, -0.15) is 0 Å². The number of hydrogen-bond acceptors (Lipinski definition) is 4. The van der Waals surface area contributed by atoms with E-state index in [1.54, 1.807) is 6.92 Å². The summed E-state index contributed by atoms with van der Waals surface area (Å²) in [5.41, 5.74) is 0.0600. The molecule has 1 rings (SSSR count). The van der Waals surface area contributed by atoms with E-state index in [1.165, 1.54) is 7.11 Å². The van der Waals surface area contributed by atoms with Crippen LogP contribution in [-0.2, 0) is 19.1 Å². The summed E-state index contributed by atoms with van der Waals surface area (Å²) in [6.45, 7) is 3.66. The molecule has 0 saturated carbocycles. The third-order valence-corrected chi connectivity index (χ3v) is 2.39. The van der Waals surface area contributed by atoms with Crippen LogP contribution in [0.4, 0.5) is 0 Å². The van der Waals surface area contributed by atoms with Gasteiger partial charge in [-0.1, -0.05) is 13.3 Å². The number of esters is 1. The Morgan fingerprint density at radius 3 is 2.73 bits per heavy atom. The molecule has 0 saturated heterocycles. The van der Waals surface area contributed by atoms with Crippen molar-refractivity contribution < 1.29 is 19.1 Å². The zero-order valence-corrected chi connectivity index (χ0v) is 9.33. The third-order valence-electron chi connectivity index (χ3n) is 2.39. The zero-order chi connectivity index (χ0) is 11.4. The molecule has 0 amide bonds. The van der Waals surface area contributed by atoms with E-state index < -0.39 is 5.97 Å². The Balaban J connectivity index is 2.84. The fourth-order valence-corrected chi connectivity index (χ4v) is 1.70. The topological polar surface area (TPSA) is 52.6 Å². The number of allylic oxidation sites excluding steroid dienone is 1. The molecular formula is C11H16O4. The summed E-state index contributed by atoms with van der Waals surface area (Å²) in [7, 11) is 1.26. The Kier molecular flexibility index (Phi) is 3.88. The van der Waals surface area contributed by atoms with Gasteiger partial charge in [0.25, 0.3) is 0 Å². The van der Waals surface area contributed by atoms with Crippen LogP contribution in [-0.4, -0.2) is 25.0 Å². The maximum absolute atomic E-state index is 11.7. The van der Waals surface area contributed by atoms with Crippen molar-refractivity contribution in [2.24, 2.45) is 0 Å². The summed E-state index contributed by atoms with van der Waals surface area (Å²) >= 11 is 0. The second-order valence-electron chi connectivity index (χ2n) is 3.58. The fraction of sp³-hybridized carbons (Fsp3) is 0.636. The first-order valence-electron chi connectivity index (χ1n) is 5.09. The highest BCUT2D eigenvalue weighted by molar-refractivity contribution is 6.18. The van der Waals surface area contributed by atoms with Gasteiger partial charge in [-0.05, 0) is 13.3 Å². The maximum atomic E-state index is 11.7. The maximum Gasteiger partial charge on any atom is 0.344 e. The molecule has 1 atom stereocenters. The van der Waals surface area contributed by atoms with E-state index >= 15 is 0 Å². The number of methoxy groups -OCH3 is 1. The lowest BCUT2D eigenvalue weighted by Gasteiger charge is -2.24. The molecule has 15 heavy (non-hydrogen) atoms. The van der Waals surface area contributed by atoms with E-state index in [0.29, 0.717) is 5.76 Å². The van der Waals surface area contributed by atoms with Gasteiger partial charge in [0.1, 0.15) is 17.4 Å². The van der Waals surface area contributed by atoms with Gasteiger partial charge in [-0.25, -0.2) is 4.79 Å². The summed E-state index contributed by atoms with van der Waals surface area (Å²) in [6.07, 6.45) is 1.97. The molecule has 1 aliphatic heterocycles. The molecule has 0 spiro atoms. The summed E-state index contributed by atoms with van der Waals surface area (Å²) in [4.78, 5) is 22.9. The van der Waals surface area contributed by atoms with Crippen LogP contribution in [0.25, 0.3) is 0 Å². The Bertz CT molecular complexity index is 304.